The van der Waals surface area contributed by atoms with Crippen LogP contribution in [0.4, 0.5) is 5.82 Å². The lowest BCUT2D eigenvalue weighted by molar-refractivity contribution is -0.143. The number of aromatic nitrogens is 2. The molecule has 3 aromatic rings. The van der Waals surface area contributed by atoms with Crippen LogP contribution in [0.2, 0.25) is 0 Å². The molecule has 13 nitrogen and oxygen atoms in total. The summed E-state index contributed by atoms with van der Waals surface area (Å²) in [5.41, 5.74) is 3.41. The van der Waals surface area contributed by atoms with E-state index in [4.69, 9.17) is 4.74 Å². The Morgan fingerprint density at radius 2 is 1.80 bits per heavy atom. The smallest absolute Gasteiger partial charge is 0.328 e. The monoisotopic (exact) mass is 568 g/mol. The minimum absolute atomic E-state index is 0.165. The number of hydrogen-bond acceptors (Lipinski definition) is 10. The average molecular weight is 569 g/mol. The summed E-state index contributed by atoms with van der Waals surface area (Å²) in [6, 6.07) is 11.1. The van der Waals surface area contributed by atoms with Crippen LogP contribution in [0.1, 0.15) is 45.5 Å². The number of rotatable bonds is 13. The number of unbranched alkanes of at least 4 members (excludes halogenated alkanes) is 1. The second kappa shape index (κ2) is 14.5. The molecule has 3 rings (SSSR count). The number of nitrogens with one attached hydrogen (secondary N) is 3. The van der Waals surface area contributed by atoms with Crippen LogP contribution in [0.3, 0.4) is 0 Å². The number of hydrazone groups is 1. The molecule has 1 unspecified atom stereocenters. The van der Waals surface area contributed by atoms with Gasteiger partial charge in [0.25, 0.3) is 21.9 Å². The molecule has 0 saturated heterocycles. The van der Waals surface area contributed by atoms with Gasteiger partial charge in [-0.1, -0.05) is 18.2 Å². The van der Waals surface area contributed by atoms with Gasteiger partial charge >= 0.3 is 5.97 Å². The van der Waals surface area contributed by atoms with Gasteiger partial charge in [-0.15, -0.1) is 0 Å². The lowest BCUT2D eigenvalue weighted by Gasteiger charge is -2.16. The number of nitrogens with zero attached hydrogens (tertiary/aromatic N) is 3. The Labute approximate surface area is 230 Å². The van der Waals surface area contributed by atoms with E-state index < -0.39 is 28.0 Å². The SMILES string of the molecule is COC(=O)C(CCCCNC(=O)c1cccnc1)NC(=O)c1ccc(N/N=C/c2ccccc2S(=O)(=O)O)nc1. The van der Waals surface area contributed by atoms with Crippen molar-refractivity contribution in [2.45, 2.75) is 30.2 Å². The van der Waals surface area contributed by atoms with Crippen LogP contribution in [0, 0.1) is 0 Å². The molecule has 0 saturated carbocycles. The van der Waals surface area contributed by atoms with E-state index in [-0.39, 0.29) is 27.7 Å². The summed E-state index contributed by atoms with van der Waals surface area (Å²) < 4.78 is 37.0. The molecule has 210 valence electrons. The molecule has 1 atom stereocenters. The fourth-order valence-corrected chi connectivity index (χ4v) is 4.16. The first kappa shape index (κ1) is 29.9. The Balaban J connectivity index is 1.50. The predicted octanol–water partition coefficient (Wildman–Crippen LogP) is 2.04. The zero-order valence-electron chi connectivity index (χ0n) is 21.5. The molecule has 2 aromatic heterocycles. The molecule has 0 aliphatic carbocycles. The van der Waals surface area contributed by atoms with E-state index in [1.54, 1.807) is 24.4 Å². The number of carbonyl (C=O) groups is 3. The summed E-state index contributed by atoms with van der Waals surface area (Å²) in [5, 5.41) is 9.33. The summed E-state index contributed by atoms with van der Waals surface area (Å²) in [7, 11) is -3.19. The normalized spacial score (nSPS) is 11.9. The highest BCUT2D eigenvalue weighted by atomic mass is 32.2. The van der Waals surface area contributed by atoms with E-state index in [1.165, 1.54) is 56.0 Å². The zero-order valence-corrected chi connectivity index (χ0v) is 22.3. The van der Waals surface area contributed by atoms with Gasteiger partial charge in [0.1, 0.15) is 16.8 Å². The number of esters is 1. The minimum Gasteiger partial charge on any atom is -0.467 e. The van der Waals surface area contributed by atoms with Gasteiger partial charge in [-0.25, -0.2) is 9.78 Å². The molecular formula is C26H28N6O7S. The van der Waals surface area contributed by atoms with E-state index in [2.05, 4.69) is 31.1 Å². The lowest BCUT2D eigenvalue weighted by Crippen LogP contribution is -2.41. The Kier molecular flexibility index (Phi) is 10.8. The highest BCUT2D eigenvalue weighted by Crippen LogP contribution is 2.13. The van der Waals surface area contributed by atoms with Crippen LogP contribution in [0.15, 0.2) is 77.1 Å². The maximum absolute atomic E-state index is 12.7. The van der Waals surface area contributed by atoms with Crippen LogP contribution < -0.4 is 16.1 Å². The van der Waals surface area contributed by atoms with Crippen molar-refractivity contribution in [1.82, 2.24) is 20.6 Å². The molecule has 0 radical (unpaired) electrons. The molecule has 0 bridgehead atoms. The topological polar surface area (TPSA) is 189 Å². The lowest BCUT2D eigenvalue weighted by atomic mass is 10.1. The summed E-state index contributed by atoms with van der Waals surface area (Å²) in [6.07, 6.45) is 6.94. The van der Waals surface area contributed by atoms with Crippen LogP contribution in [-0.2, 0) is 19.6 Å². The number of anilines is 1. The first-order valence-corrected chi connectivity index (χ1v) is 13.5. The minimum atomic E-state index is -4.42. The summed E-state index contributed by atoms with van der Waals surface area (Å²) >= 11 is 0. The van der Waals surface area contributed by atoms with Crippen molar-refractivity contribution in [3.05, 3.63) is 83.8 Å². The van der Waals surface area contributed by atoms with E-state index in [0.29, 0.717) is 31.4 Å². The highest BCUT2D eigenvalue weighted by Gasteiger charge is 2.22. The fourth-order valence-electron chi connectivity index (χ4n) is 3.49. The molecule has 2 amide bonds. The molecule has 1 aromatic carbocycles. The van der Waals surface area contributed by atoms with Gasteiger partial charge in [-0.3, -0.25) is 24.6 Å². The molecule has 0 aliphatic heterocycles. The van der Waals surface area contributed by atoms with Crippen LogP contribution in [-0.4, -0.2) is 66.6 Å². The van der Waals surface area contributed by atoms with Gasteiger partial charge in [0.15, 0.2) is 0 Å². The van der Waals surface area contributed by atoms with Gasteiger partial charge in [0.05, 0.1) is 24.5 Å². The maximum atomic E-state index is 12.7. The molecule has 0 fully saturated rings. The number of methoxy groups -OCH3 is 1. The number of carbonyl (C=O) groups excluding carboxylic acids is 3. The van der Waals surface area contributed by atoms with Gasteiger partial charge in [-0.05, 0) is 49.6 Å². The predicted molar refractivity (Wildman–Crippen MR) is 145 cm³/mol. The van der Waals surface area contributed by atoms with Gasteiger partial charge in [0.2, 0.25) is 0 Å². The Hall–Kier alpha value is -4.69. The number of hydrogen-bond donors (Lipinski definition) is 4. The van der Waals surface area contributed by atoms with E-state index in [0.717, 1.165) is 0 Å². The van der Waals surface area contributed by atoms with Crippen molar-refractivity contribution in [2.75, 3.05) is 19.1 Å². The number of amides is 2. The second-order valence-corrected chi connectivity index (χ2v) is 9.75. The average Bonchev–Trinajstić information content (AvgIpc) is 2.96. The van der Waals surface area contributed by atoms with E-state index >= 15 is 0 Å². The van der Waals surface area contributed by atoms with Crippen LogP contribution in [0.25, 0.3) is 0 Å². The van der Waals surface area contributed by atoms with Crippen molar-refractivity contribution >= 4 is 39.9 Å². The maximum Gasteiger partial charge on any atom is 0.328 e. The molecule has 0 spiro atoms. The quantitative estimate of drug-likeness (QED) is 0.0780. The first-order valence-electron chi connectivity index (χ1n) is 12.1. The molecule has 2 heterocycles. The molecule has 4 N–H and O–H groups in total. The van der Waals surface area contributed by atoms with E-state index in [1.807, 2.05) is 0 Å². The fraction of sp³-hybridized carbons (Fsp3) is 0.231. The third kappa shape index (κ3) is 8.96. The summed E-state index contributed by atoms with van der Waals surface area (Å²) in [6.45, 7) is 0.387. The first-order chi connectivity index (χ1) is 19.2. The second-order valence-electron chi connectivity index (χ2n) is 8.36. The van der Waals surface area contributed by atoms with Gasteiger partial charge in [-0.2, -0.15) is 13.5 Å². The standard InChI is InChI=1S/C26H28N6O7S/c1-39-26(35)21(9-4-5-14-28-24(33)19-8-6-13-27-15-19)31-25(34)20-11-12-23(29-16-20)32-30-17-18-7-2-3-10-22(18)40(36,37)38/h2-3,6-8,10-13,15-17,21H,4-5,9,14H2,1H3,(H,28,33)(H,29,32)(H,31,34)(H,36,37,38)/b30-17+. The Morgan fingerprint density at radius 1 is 1.02 bits per heavy atom. The number of ether oxygens (including phenoxy) is 1. The summed E-state index contributed by atoms with van der Waals surface area (Å²) in [5.74, 6) is -1.12. The van der Waals surface area contributed by atoms with Crippen molar-refractivity contribution in [3.8, 4) is 0 Å². The largest absolute Gasteiger partial charge is 0.467 e. The highest BCUT2D eigenvalue weighted by molar-refractivity contribution is 7.86. The van der Waals surface area contributed by atoms with Gasteiger partial charge < -0.3 is 15.4 Å². The third-order valence-corrected chi connectivity index (χ3v) is 6.45. The molecular weight excluding hydrogens is 540 g/mol. The third-order valence-electron chi connectivity index (χ3n) is 5.53. The van der Waals surface area contributed by atoms with Crippen molar-refractivity contribution in [3.63, 3.8) is 0 Å². The Bertz CT molecular complexity index is 1450. The van der Waals surface area contributed by atoms with Gasteiger partial charge in [0, 0.05) is 30.7 Å². The Morgan fingerprint density at radius 3 is 2.48 bits per heavy atom. The van der Waals surface area contributed by atoms with Crippen LogP contribution in [0.5, 0.6) is 0 Å². The number of pyridine rings is 2. The molecule has 14 heteroatoms. The zero-order chi connectivity index (χ0) is 29.0. The van der Waals surface area contributed by atoms with Crippen molar-refractivity contribution < 1.29 is 32.1 Å². The molecule has 40 heavy (non-hydrogen) atoms. The van der Waals surface area contributed by atoms with E-state index in [9.17, 15) is 27.4 Å². The summed E-state index contributed by atoms with van der Waals surface area (Å²) in [4.78, 5) is 44.7. The molecule has 0 aliphatic rings. The number of benzene rings is 1. The van der Waals surface area contributed by atoms with Crippen molar-refractivity contribution in [1.29, 1.82) is 0 Å². The van der Waals surface area contributed by atoms with Crippen LogP contribution >= 0.6 is 0 Å². The van der Waals surface area contributed by atoms with Crippen molar-refractivity contribution in [2.24, 2.45) is 5.10 Å².